The number of carbonyl (C=O) groups excluding carboxylic acids is 3. The van der Waals surface area contributed by atoms with Crippen molar-refractivity contribution >= 4 is 51.5 Å². The fourth-order valence-electron chi connectivity index (χ4n) is 10.0. The monoisotopic (exact) mass is 818 g/mol. The van der Waals surface area contributed by atoms with Gasteiger partial charge in [-0.2, -0.15) is 10.4 Å². The molecule has 0 bridgehead atoms. The molecule has 8 rings (SSSR count). The second-order valence-corrected chi connectivity index (χ2v) is 18.1. The van der Waals surface area contributed by atoms with E-state index in [-0.39, 0.29) is 53.2 Å². The Morgan fingerprint density at radius 2 is 1.58 bits per heavy atom. The maximum absolute atomic E-state index is 13.5. The van der Waals surface area contributed by atoms with Crippen molar-refractivity contribution < 1.29 is 19.1 Å². The van der Waals surface area contributed by atoms with E-state index in [1.54, 1.807) is 24.4 Å². The van der Waals surface area contributed by atoms with Crippen molar-refractivity contribution in [2.75, 3.05) is 55.6 Å². The van der Waals surface area contributed by atoms with Crippen LogP contribution in [0.1, 0.15) is 75.3 Å². The summed E-state index contributed by atoms with van der Waals surface area (Å²) < 4.78 is 7.59. The molecule has 2 N–H and O–H groups in total. The number of nitriles is 1. The Bertz CT molecular complexity index is 2360. The van der Waals surface area contributed by atoms with Crippen LogP contribution in [0.3, 0.4) is 0 Å². The number of piperazine rings is 1. The minimum atomic E-state index is -0.781. The van der Waals surface area contributed by atoms with Gasteiger partial charge < -0.3 is 19.9 Å². The van der Waals surface area contributed by atoms with E-state index in [0.717, 1.165) is 75.4 Å². The lowest BCUT2D eigenvalue weighted by atomic mass is 9.49. The van der Waals surface area contributed by atoms with Crippen molar-refractivity contribution in [2.45, 2.75) is 71.6 Å². The van der Waals surface area contributed by atoms with E-state index in [1.165, 1.54) is 4.68 Å². The van der Waals surface area contributed by atoms with Crippen LogP contribution in [0.25, 0.3) is 10.8 Å². The van der Waals surface area contributed by atoms with E-state index in [4.69, 9.17) is 16.3 Å². The molecule has 14 heteroatoms. The summed E-state index contributed by atoms with van der Waals surface area (Å²) >= 11 is 6.26. The molecule has 59 heavy (non-hydrogen) atoms. The molecule has 3 amide bonds. The van der Waals surface area contributed by atoms with Crippen molar-refractivity contribution in [2.24, 2.45) is 16.7 Å². The van der Waals surface area contributed by atoms with Gasteiger partial charge in [0.2, 0.25) is 5.91 Å². The average Bonchev–Trinajstić information content (AvgIpc) is 3.22. The Hall–Kier alpha value is -5.45. The van der Waals surface area contributed by atoms with Crippen LogP contribution < -0.4 is 30.7 Å². The number of piperidine rings is 2. The van der Waals surface area contributed by atoms with E-state index >= 15 is 0 Å². The molecule has 4 aromatic rings. The second kappa shape index (κ2) is 16.0. The van der Waals surface area contributed by atoms with Gasteiger partial charge >= 0.3 is 0 Å². The normalized spacial score (nSPS) is 23.3. The zero-order chi connectivity index (χ0) is 41.6. The van der Waals surface area contributed by atoms with Crippen LogP contribution in [0, 0.1) is 28.1 Å². The zero-order valence-corrected chi connectivity index (χ0v) is 34.8. The summed E-state index contributed by atoms with van der Waals surface area (Å²) in [7, 11) is 0. The van der Waals surface area contributed by atoms with Gasteiger partial charge in [0.25, 0.3) is 17.4 Å². The first-order valence-corrected chi connectivity index (χ1v) is 21.0. The van der Waals surface area contributed by atoms with Gasteiger partial charge in [0.15, 0.2) is 0 Å². The molecule has 1 saturated carbocycles. The second-order valence-electron chi connectivity index (χ2n) is 17.7. The van der Waals surface area contributed by atoms with E-state index in [2.05, 4.69) is 76.3 Å². The van der Waals surface area contributed by atoms with Gasteiger partial charge in [0.05, 0.1) is 22.2 Å². The van der Waals surface area contributed by atoms with Crippen LogP contribution in [-0.2, 0) is 9.59 Å². The fraction of sp³-hybridized carbons (Fsp3) is 0.467. The van der Waals surface area contributed by atoms with Gasteiger partial charge in [-0.1, -0.05) is 39.3 Å². The summed E-state index contributed by atoms with van der Waals surface area (Å²) in [5, 5.41) is 20.7. The number of aromatic nitrogens is 2. The van der Waals surface area contributed by atoms with Crippen LogP contribution in [0.2, 0.25) is 5.02 Å². The lowest BCUT2D eigenvalue weighted by molar-refractivity contribution is -0.164. The Balaban J connectivity index is 0.792. The minimum absolute atomic E-state index is 0.102. The van der Waals surface area contributed by atoms with Gasteiger partial charge in [0, 0.05) is 97.5 Å². The molecule has 4 heterocycles. The summed E-state index contributed by atoms with van der Waals surface area (Å²) in [6.07, 6.45) is 4.14. The lowest BCUT2D eigenvalue weighted by Crippen LogP contribution is -2.74. The SMILES string of the molecule is CC1(C)[C@H](NC(=O)c2ccc(N3CCC(CN4CCN(c5ccc6c(=O)n([C@H]7CCC(=O)NC7=O)ncc6c5)CC4)CC3)cc2)C(C)(C)[C@H]1Oc1ccc(C#N)c(Cl)c1. The minimum Gasteiger partial charge on any atom is -0.489 e. The van der Waals surface area contributed by atoms with E-state index in [9.17, 15) is 24.4 Å². The zero-order valence-electron chi connectivity index (χ0n) is 34.0. The predicted molar refractivity (Wildman–Crippen MR) is 227 cm³/mol. The number of nitrogens with zero attached hydrogens (tertiary/aromatic N) is 6. The molecule has 1 aliphatic carbocycles. The molecule has 308 valence electrons. The van der Waals surface area contributed by atoms with E-state index in [0.29, 0.717) is 33.2 Å². The number of ether oxygens (including phenoxy) is 1. The average molecular weight is 819 g/mol. The molecule has 3 saturated heterocycles. The van der Waals surface area contributed by atoms with Crippen molar-refractivity contribution in [1.29, 1.82) is 5.26 Å². The number of fused-ring (bicyclic) bond motifs is 1. The molecule has 3 aliphatic heterocycles. The van der Waals surface area contributed by atoms with Crippen molar-refractivity contribution in [3.8, 4) is 11.8 Å². The number of halogens is 1. The van der Waals surface area contributed by atoms with Crippen molar-refractivity contribution in [3.05, 3.63) is 93.4 Å². The molecular weight excluding hydrogens is 768 g/mol. The number of benzene rings is 3. The third kappa shape index (κ3) is 7.88. The number of carbonyl (C=O) groups is 3. The van der Waals surface area contributed by atoms with Gasteiger partial charge in [0.1, 0.15) is 24.0 Å². The quantitative estimate of drug-likeness (QED) is 0.206. The molecular formula is C45H51ClN8O5. The smallest absolute Gasteiger partial charge is 0.275 e. The number of hydrogen-bond acceptors (Lipinski definition) is 10. The predicted octanol–water partition coefficient (Wildman–Crippen LogP) is 5.55. The maximum Gasteiger partial charge on any atom is 0.275 e. The standard InChI is InChI=1S/C45H51ClN8O5/c1-44(2)42(45(3,4)43(44)59-34-11-7-30(25-47)36(46)24-34)50-39(56)29-5-8-32(9-6-29)52-17-15-28(16-18-52)27-51-19-21-53(22-20-51)33-10-12-35-31(23-33)26-48-54(41(35)58)37-13-14-38(55)49-40(37)57/h5-12,23-24,26,28,37,42-43H,13-22,27H2,1-4H3,(H,50,56)(H,49,55,57)/t37-,42-,43-/m0/s1. The van der Waals surface area contributed by atoms with Gasteiger partial charge in [-0.05, 0) is 79.8 Å². The first-order valence-electron chi connectivity index (χ1n) is 20.6. The van der Waals surface area contributed by atoms with Gasteiger partial charge in [-0.3, -0.25) is 29.4 Å². The molecule has 13 nitrogen and oxygen atoms in total. The van der Waals surface area contributed by atoms with Crippen molar-refractivity contribution in [3.63, 3.8) is 0 Å². The van der Waals surface area contributed by atoms with Crippen LogP contribution in [-0.4, -0.2) is 90.4 Å². The maximum atomic E-state index is 13.5. The summed E-state index contributed by atoms with van der Waals surface area (Å²) in [5.41, 5.74) is 2.21. The largest absolute Gasteiger partial charge is 0.489 e. The first-order chi connectivity index (χ1) is 28.2. The topological polar surface area (TPSA) is 153 Å². The Kier molecular flexibility index (Phi) is 10.9. The fourth-order valence-corrected chi connectivity index (χ4v) is 10.3. The molecule has 1 aromatic heterocycles. The first kappa shape index (κ1) is 40.3. The molecule has 0 radical (unpaired) electrons. The van der Waals surface area contributed by atoms with Crippen LogP contribution in [0.5, 0.6) is 5.75 Å². The third-order valence-electron chi connectivity index (χ3n) is 13.1. The highest BCUT2D eigenvalue weighted by molar-refractivity contribution is 6.31. The van der Waals surface area contributed by atoms with Crippen LogP contribution >= 0.6 is 11.6 Å². The summed E-state index contributed by atoms with van der Waals surface area (Å²) in [6, 6.07) is 20.0. The number of hydrogen-bond donors (Lipinski definition) is 2. The number of anilines is 2. The molecule has 4 fully saturated rings. The third-order valence-corrected chi connectivity index (χ3v) is 13.4. The Morgan fingerprint density at radius 1 is 0.898 bits per heavy atom. The molecule has 3 aromatic carbocycles. The summed E-state index contributed by atoms with van der Waals surface area (Å²) in [6.45, 7) is 15.1. The Morgan fingerprint density at radius 3 is 2.24 bits per heavy atom. The van der Waals surface area contributed by atoms with Crippen LogP contribution in [0.4, 0.5) is 11.4 Å². The summed E-state index contributed by atoms with van der Waals surface area (Å²) in [5.74, 6) is 0.311. The molecule has 0 unspecified atom stereocenters. The molecule has 4 aliphatic rings. The highest BCUT2D eigenvalue weighted by Crippen LogP contribution is 2.55. The van der Waals surface area contributed by atoms with E-state index in [1.807, 2.05) is 30.3 Å². The van der Waals surface area contributed by atoms with Gasteiger partial charge in [-0.25, -0.2) is 4.68 Å². The highest BCUT2D eigenvalue weighted by atomic mass is 35.5. The lowest BCUT2D eigenvalue weighted by Gasteiger charge is -2.63. The van der Waals surface area contributed by atoms with Crippen molar-refractivity contribution in [1.82, 2.24) is 25.3 Å². The van der Waals surface area contributed by atoms with Gasteiger partial charge in [-0.15, -0.1) is 0 Å². The number of rotatable bonds is 9. The molecule has 0 spiro atoms. The number of imide groups is 1. The van der Waals surface area contributed by atoms with E-state index < -0.39 is 11.9 Å². The Labute approximate surface area is 349 Å². The highest BCUT2D eigenvalue weighted by Gasteiger charge is 2.64. The summed E-state index contributed by atoms with van der Waals surface area (Å²) in [4.78, 5) is 58.0. The van der Waals surface area contributed by atoms with Crippen LogP contribution in [0.15, 0.2) is 71.7 Å². The number of amides is 3. The number of nitrogens with one attached hydrogen (secondary N) is 2. The molecule has 1 atom stereocenters.